The highest BCUT2D eigenvalue weighted by atomic mass is 127. The van der Waals surface area contributed by atoms with Crippen molar-refractivity contribution in [2.45, 2.75) is 33.3 Å². The number of aliphatic hydroxyl groups is 1. The zero-order chi connectivity index (χ0) is 14.2. The van der Waals surface area contributed by atoms with E-state index in [4.69, 9.17) is 0 Å². The highest BCUT2D eigenvalue weighted by Crippen LogP contribution is 2.33. The Morgan fingerprint density at radius 2 is 1.42 bits per heavy atom. The first-order valence-corrected chi connectivity index (χ1v) is 7.47. The van der Waals surface area contributed by atoms with Crippen LogP contribution >= 0.6 is 22.6 Å². The van der Waals surface area contributed by atoms with Gasteiger partial charge in [-0.15, -0.1) is 0 Å². The fourth-order valence-corrected chi connectivity index (χ4v) is 2.77. The van der Waals surface area contributed by atoms with Crippen molar-refractivity contribution in [3.8, 4) is 0 Å². The summed E-state index contributed by atoms with van der Waals surface area (Å²) in [5.74, 6) is 0. The third kappa shape index (κ3) is 2.84. The summed E-state index contributed by atoms with van der Waals surface area (Å²) >= 11 is 2.27. The second-order valence-electron chi connectivity index (χ2n) is 5.33. The lowest BCUT2D eigenvalue weighted by atomic mass is 9.84. The molecule has 2 aromatic rings. The van der Waals surface area contributed by atoms with Crippen molar-refractivity contribution in [2.24, 2.45) is 0 Å². The highest BCUT2D eigenvalue weighted by Gasteiger charge is 2.27. The number of hydrogen-bond donors (Lipinski definition) is 1. The Labute approximate surface area is 128 Å². The molecule has 0 aliphatic heterocycles. The molecule has 0 aliphatic carbocycles. The minimum absolute atomic E-state index is 0.930. The van der Waals surface area contributed by atoms with Gasteiger partial charge in [-0.3, -0.25) is 0 Å². The molecule has 0 saturated heterocycles. The summed E-state index contributed by atoms with van der Waals surface area (Å²) in [5, 5.41) is 10.9. The molecule has 100 valence electrons. The van der Waals surface area contributed by atoms with Crippen LogP contribution in [0, 0.1) is 24.3 Å². The Bertz CT molecular complexity index is 597. The normalized spacial score (nSPS) is 14.2. The first-order chi connectivity index (χ1) is 8.82. The van der Waals surface area contributed by atoms with E-state index in [1.54, 1.807) is 0 Å². The van der Waals surface area contributed by atoms with Crippen LogP contribution in [0.25, 0.3) is 0 Å². The summed E-state index contributed by atoms with van der Waals surface area (Å²) in [6.45, 7) is 8.11. The molecule has 0 radical (unpaired) electrons. The van der Waals surface area contributed by atoms with E-state index in [1.165, 1.54) is 14.7 Å². The monoisotopic (exact) mass is 366 g/mol. The van der Waals surface area contributed by atoms with Crippen molar-refractivity contribution >= 4 is 22.6 Å². The number of aryl methyl sites for hydroxylation is 3. The second-order valence-corrected chi connectivity index (χ2v) is 6.58. The van der Waals surface area contributed by atoms with Gasteiger partial charge in [0.25, 0.3) is 0 Å². The number of rotatable bonds is 2. The van der Waals surface area contributed by atoms with Crippen molar-refractivity contribution in [3.05, 3.63) is 67.8 Å². The van der Waals surface area contributed by atoms with Gasteiger partial charge in [0.2, 0.25) is 0 Å². The van der Waals surface area contributed by atoms with Gasteiger partial charge in [0.05, 0.1) is 0 Å². The molecule has 2 rings (SSSR count). The molecule has 2 aromatic carbocycles. The Balaban J connectivity index is 2.55. The second kappa shape index (κ2) is 5.25. The van der Waals surface area contributed by atoms with E-state index in [-0.39, 0.29) is 0 Å². The molecular weight excluding hydrogens is 347 g/mol. The number of hydrogen-bond acceptors (Lipinski definition) is 1. The van der Waals surface area contributed by atoms with Crippen LogP contribution < -0.4 is 0 Å². The summed E-state index contributed by atoms with van der Waals surface area (Å²) in [6, 6.07) is 12.3. The minimum Gasteiger partial charge on any atom is -0.381 e. The quantitative estimate of drug-likeness (QED) is 0.778. The Morgan fingerprint density at radius 1 is 0.895 bits per heavy atom. The fourth-order valence-electron chi connectivity index (χ4n) is 2.41. The third-order valence-corrected chi connectivity index (χ3v) is 4.49. The van der Waals surface area contributed by atoms with Gasteiger partial charge in [0, 0.05) is 3.57 Å². The molecular formula is C17H19IO. The summed E-state index contributed by atoms with van der Waals surface area (Å²) in [7, 11) is 0. The molecule has 19 heavy (non-hydrogen) atoms. The molecule has 1 nitrogen and oxygen atoms in total. The van der Waals surface area contributed by atoms with E-state index >= 15 is 0 Å². The molecule has 1 N–H and O–H groups in total. The van der Waals surface area contributed by atoms with Crippen LogP contribution in [0.4, 0.5) is 0 Å². The van der Waals surface area contributed by atoms with E-state index < -0.39 is 5.60 Å². The summed E-state index contributed by atoms with van der Waals surface area (Å²) < 4.78 is 1.17. The van der Waals surface area contributed by atoms with E-state index in [0.29, 0.717) is 0 Å². The van der Waals surface area contributed by atoms with Crippen LogP contribution in [0.3, 0.4) is 0 Å². The molecule has 1 unspecified atom stereocenters. The molecule has 1 atom stereocenters. The van der Waals surface area contributed by atoms with Gasteiger partial charge in [0.1, 0.15) is 5.60 Å². The predicted octanol–water partition coefficient (Wildman–Crippen LogP) is 4.47. The average molecular weight is 366 g/mol. The van der Waals surface area contributed by atoms with Crippen molar-refractivity contribution in [1.82, 2.24) is 0 Å². The maximum absolute atomic E-state index is 10.9. The van der Waals surface area contributed by atoms with Crippen LogP contribution in [0.15, 0.2) is 36.4 Å². The Kier molecular flexibility index (Phi) is 4.02. The Hall–Kier alpha value is -0.870. The van der Waals surface area contributed by atoms with Gasteiger partial charge in [0.15, 0.2) is 0 Å². The smallest absolute Gasteiger partial charge is 0.112 e. The topological polar surface area (TPSA) is 20.2 Å². The molecule has 0 amide bonds. The summed E-state index contributed by atoms with van der Waals surface area (Å²) in [5.41, 5.74) is 4.57. The third-order valence-electron chi connectivity index (χ3n) is 3.77. The van der Waals surface area contributed by atoms with Crippen LogP contribution in [0.2, 0.25) is 0 Å². The van der Waals surface area contributed by atoms with Gasteiger partial charge < -0.3 is 5.11 Å². The SMILES string of the molecule is Cc1cc(C)c(C(C)(O)c2ccc(I)cc2)cc1C. The highest BCUT2D eigenvalue weighted by molar-refractivity contribution is 14.1. The number of halogens is 1. The Morgan fingerprint density at radius 3 is 2.00 bits per heavy atom. The molecule has 0 aromatic heterocycles. The van der Waals surface area contributed by atoms with E-state index in [2.05, 4.69) is 55.5 Å². The lowest BCUT2D eigenvalue weighted by molar-refractivity contribution is 0.101. The van der Waals surface area contributed by atoms with Crippen LogP contribution in [0.5, 0.6) is 0 Å². The van der Waals surface area contributed by atoms with E-state index in [0.717, 1.165) is 16.7 Å². The van der Waals surface area contributed by atoms with Crippen LogP contribution in [0.1, 0.15) is 34.7 Å². The number of benzene rings is 2. The van der Waals surface area contributed by atoms with Crippen molar-refractivity contribution < 1.29 is 5.11 Å². The zero-order valence-corrected chi connectivity index (χ0v) is 13.9. The van der Waals surface area contributed by atoms with Crippen molar-refractivity contribution in [2.75, 3.05) is 0 Å². The molecule has 0 bridgehead atoms. The first-order valence-electron chi connectivity index (χ1n) is 6.39. The fraction of sp³-hybridized carbons (Fsp3) is 0.294. The largest absolute Gasteiger partial charge is 0.381 e. The van der Waals surface area contributed by atoms with Crippen molar-refractivity contribution in [3.63, 3.8) is 0 Å². The molecule has 0 heterocycles. The van der Waals surface area contributed by atoms with Gasteiger partial charge >= 0.3 is 0 Å². The molecule has 0 spiro atoms. The minimum atomic E-state index is -0.952. The molecule has 2 heteroatoms. The van der Waals surface area contributed by atoms with E-state index in [1.807, 2.05) is 31.2 Å². The maximum atomic E-state index is 10.9. The zero-order valence-electron chi connectivity index (χ0n) is 11.8. The molecule has 0 aliphatic rings. The lowest BCUT2D eigenvalue weighted by Gasteiger charge is -2.27. The van der Waals surface area contributed by atoms with E-state index in [9.17, 15) is 5.11 Å². The van der Waals surface area contributed by atoms with Gasteiger partial charge in [-0.2, -0.15) is 0 Å². The van der Waals surface area contributed by atoms with Gasteiger partial charge in [-0.25, -0.2) is 0 Å². The van der Waals surface area contributed by atoms with Gasteiger partial charge in [-0.05, 0) is 90.2 Å². The van der Waals surface area contributed by atoms with Gasteiger partial charge in [-0.1, -0.05) is 24.3 Å². The molecule has 0 fully saturated rings. The van der Waals surface area contributed by atoms with Crippen LogP contribution in [-0.2, 0) is 5.60 Å². The lowest BCUT2D eigenvalue weighted by Crippen LogP contribution is -2.24. The molecule has 0 saturated carbocycles. The van der Waals surface area contributed by atoms with Crippen molar-refractivity contribution in [1.29, 1.82) is 0 Å². The first kappa shape index (κ1) is 14.5. The summed E-state index contributed by atoms with van der Waals surface area (Å²) in [6.07, 6.45) is 0. The predicted molar refractivity (Wildman–Crippen MR) is 88.5 cm³/mol. The summed E-state index contributed by atoms with van der Waals surface area (Å²) in [4.78, 5) is 0. The maximum Gasteiger partial charge on any atom is 0.112 e. The standard InChI is InChI=1S/C17H19IO/c1-11-9-13(3)16(10-12(11)2)17(4,19)14-5-7-15(18)8-6-14/h5-10,19H,1-4H3. The average Bonchev–Trinajstić information content (AvgIpc) is 2.34. The van der Waals surface area contributed by atoms with Crippen LogP contribution in [-0.4, -0.2) is 5.11 Å².